The summed E-state index contributed by atoms with van der Waals surface area (Å²) in [5.41, 5.74) is 12.2. The first-order valence-corrected chi connectivity index (χ1v) is 11.4. The van der Waals surface area contributed by atoms with Crippen molar-refractivity contribution in [1.29, 1.82) is 0 Å². The Bertz CT molecular complexity index is 1000. The number of hydrogen-bond donors (Lipinski definition) is 0. The van der Waals surface area contributed by atoms with Gasteiger partial charge in [-0.15, -0.1) is 0 Å². The third-order valence-electron chi connectivity index (χ3n) is 6.85. The summed E-state index contributed by atoms with van der Waals surface area (Å²) in [7, 11) is 2.27. The molecule has 0 amide bonds. The summed E-state index contributed by atoms with van der Waals surface area (Å²) in [5.74, 6) is 0. The van der Waals surface area contributed by atoms with E-state index in [0.717, 1.165) is 30.8 Å². The van der Waals surface area contributed by atoms with Crippen LogP contribution in [0.15, 0.2) is 48.5 Å². The molecule has 1 aromatic heterocycles. The van der Waals surface area contributed by atoms with Crippen molar-refractivity contribution in [2.45, 2.75) is 66.0 Å². The van der Waals surface area contributed by atoms with Gasteiger partial charge < -0.3 is 0 Å². The zero-order valence-electron chi connectivity index (χ0n) is 19.1. The number of pyridine rings is 1. The van der Waals surface area contributed by atoms with E-state index in [9.17, 15) is 0 Å². The molecule has 0 saturated heterocycles. The van der Waals surface area contributed by atoms with Gasteiger partial charge in [-0.1, -0.05) is 56.3 Å². The van der Waals surface area contributed by atoms with Crippen LogP contribution >= 0.6 is 0 Å². The SMILES string of the molecule is CCc1cccc(CC)c1-c1cc(C)c(CN(C)C2CCc3ccccc32)c(C)n1. The normalized spacial score (nSPS) is 15.6. The average Bonchev–Trinajstić information content (AvgIpc) is 3.19. The van der Waals surface area contributed by atoms with E-state index in [-0.39, 0.29) is 0 Å². The minimum Gasteiger partial charge on any atom is -0.295 e. The first-order valence-electron chi connectivity index (χ1n) is 11.4. The van der Waals surface area contributed by atoms with Crippen LogP contribution in [0, 0.1) is 13.8 Å². The van der Waals surface area contributed by atoms with Crippen molar-refractivity contribution in [1.82, 2.24) is 9.88 Å². The molecule has 0 fully saturated rings. The molecule has 0 aliphatic heterocycles. The Hall–Kier alpha value is -2.45. The van der Waals surface area contributed by atoms with Gasteiger partial charge in [-0.05, 0) is 86.0 Å². The quantitative estimate of drug-likeness (QED) is 0.464. The monoisotopic (exact) mass is 398 g/mol. The minimum atomic E-state index is 0.507. The Morgan fingerprint density at radius 3 is 2.33 bits per heavy atom. The van der Waals surface area contributed by atoms with Crippen LogP contribution in [0.5, 0.6) is 0 Å². The molecule has 1 unspecified atom stereocenters. The van der Waals surface area contributed by atoms with Gasteiger partial charge in [0.1, 0.15) is 0 Å². The highest BCUT2D eigenvalue weighted by molar-refractivity contribution is 5.69. The smallest absolute Gasteiger partial charge is 0.0713 e. The molecule has 30 heavy (non-hydrogen) atoms. The molecular formula is C28H34N2. The molecule has 1 aliphatic carbocycles. The van der Waals surface area contributed by atoms with E-state index in [4.69, 9.17) is 4.98 Å². The Balaban J connectivity index is 1.65. The van der Waals surface area contributed by atoms with Crippen molar-refractivity contribution < 1.29 is 0 Å². The maximum Gasteiger partial charge on any atom is 0.0713 e. The van der Waals surface area contributed by atoms with Crippen LogP contribution < -0.4 is 0 Å². The lowest BCUT2D eigenvalue weighted by Gasteiger charge is -2.27. The molecular weight excluding hydrogens is 364 g/mol. The summed E-state index contributed by atoms with van der Waals surface area (Å²) in [6.07, 6.45) is 4.47. The van der Waals surface area contributed by atoms with Gasteiger partial charge in [0.2, 0.25) is 0 Å². The fraction of sp³-hybridized carbons (Fsp3) is 0.393. The van der Waals surface area contributed by atoms with Crippen molar-refractivity contribution in [2.75, 3.05) is 7.05 Å². The molecule has 1 aliphatic rings. The zero-order valence-corrected chi connectivity index (χ0v) is 19.1. The van der Waals surface area contributed by atoms with Gasteiger partial charge in [0.25, 0.3) is 0 Å². The van der Waals surface area contributed by atoms with Gasteiger partial charge in [-0.3, -0.25) is 9.88 Å². The van der Waals surface area contributed by atoms with Crippen LogP contribution in [0.25, 0.3) is 11.3 Å². The largest absolute Gasteiger partial charge is 0.295 e. The third-order valence-corrected chi connectivity index (χ3v) is 6.85. The van der Waals surface area contributed by atoms with E-state index >= 15 is 0 Å². The number of aromatic nitrogens is 1. The zero-order chi connectivity index (χ0) is 21.3. The van der Waals surface area contributed by atoms with Crippen LogP contribution in [-0.2, 0) is 25.8 Å². The van der Waals surface area contributed by atoms with Crippen LogP contribution in [0.3, 0.4) is 0 Å². The van der Waals surface area contributed by atoms with E-state index < -0.39 is 0 Å². The second-order valence-corrected chi connectivity index (χ2v) is 8.72. The fourth-order valence-corrected chi connectivity index (χ4v) is 5.15. The topological polar surface area (TPSA) is 16.1 Å². The molecule has 2 aromatic carbocycles. The number of hydrogen-bond acceptors (Lipinski definition) is 2. The summed E-state index contributed by atoms with van der Waals surface area (Å²) in [6, 6.07) is 18.4. The van der Waals surface area contributed by atoms with Gasteiger partial charge >= 0.3 is 0 Å². The standard InChI is InChI=1S/C28H34N2/c1-6-21-12-10-13-22(7-2)28(21)26-17-19(3)25(20(4)29-26)18-30(5)27-16-15-23-11-8-9-14-24(23)27/h8-14,17,27H,6-7,15-16,18H2,1-5H3. The van der Waals surface area contributed by atoms with E-state index in [1.807, 2.05) is 0 Å². The molecule has 2 heteroatoms. The number of fused-ring (bicyclic) bond motifs is 1. The first kappa shape index (κ1) is 20.8. The van der Waals surface area contributed by atoms with Crippen LogP contribution in [0.1, 0.15) is 65.4 Å². The minimum absolute atomic E-state index is 0.507. The molecule has 0 bridgehead atoms. The molecule has 156 valence electrons. The molecule has 0 spiro atoms. The summed E-state index contributed by atoms with van der Waals surface area (Å²) in [5, 5.41) is 0. The van der Waals surface area contributed by atoms with Crippen molar-refractivity contribution in [2.24, 2.45) is 0 Å². The van der Waals surface area contributed by atoms with E-state index in [0.29, 0.717) is 6.04 Å². The van der Waals surface area contributed by atoms with Crippen LogP contribution in [-0.4, -0.2) is 16.9 Å². The highest BCUT2D eigenvalue weighted by Gasteiger charge is 2.26. The lowest BCUT2D eigenvalue weighted by Crippen LogP contribution is -2.23. The third kappa shape index (κ3) is 3.81. The molecule has 1 heterocycles. The molecule has 0 saturated carbocycles. The lowest BCUT2D eigenvalue weighted by atomic mass is 9.93. The van der Waals surface area contributed by atoms with Crippen LogP contribution in [0.2, 0.25) is 0 Å². The van der Waals surface area contributed by atoms with Crippen molar-refractivity contribution in [3.8, 4) is 11.3 Å². The fourth-order valence-electron chi connectivity index (χ4n) is 5.15. The van der Waals surface area contributed by atoms with Crippen molar-refractivity contribution >= 4 is 0 Å². The Labute approximate surface area is 182 Å². The number of nitrogens with zero attached hydrogens (tertiary/aromatic N) is 2. The number of benzene rings is 2. The lowest BCUT2D eigenvalue weighted by molar-refractivity contribution is 0.235. The van der Waals surface area contributed by atoms with E-state index in [1.54, 1.807) is 0 Å². The maximum atomic E-state index is 5.12. The van der Waals surface area contributed by atoms with Gasteiger partial charge in [0.05, 0.1) is 5.69 Å². The van der Waals surface area contributed by atoms with Crippen molar-refractivity contribution in [3.63, 3.8) is 0 Å². The molecule has 0 N–H and O–H groups in total. The predicted molar refractivity (Wildman–Crippen MR) is 127 cm³/mol. The molecule has 4 rings (SSSR count). The van der Waals surface area contributed by atoms with Gasteiger partial charge in [0, 0.05) is 23.8 Å². The average molecular weight is 399 g/mol. The Morgan fingerprint density at radius 2 is 1.67 bits per heavy atom. The summed E-state index contributed by atoms with van der Waals surface area (Å²) < 4.78 is 0. The van der Waals surface area contributed by atoms with Crippen molar-refractivity contribution in [3.05, 3.63) is 87.6 Å². The second kappa shape index (κ2) is 8.73. The molecule has 1 atom stereocenters. The van der Waals surface area contributed by atoms with Gasteiger partial charge in [-0.25, -0.2) is 0 Å². The van der Waals surface area contributed by atoms with Gasteiger partial charge in [-0.2, -0.15) is 0 Å². The summed E-state index contributed by atoms with van der Waals surface area (Å²) in [4.78, 5) is 7.63. The molecule has 3 aromatic rings. The van der Waals surface area contributed by atoms with E-state index in [2.05, 4.69) is 88.2 Å². The highest BCUT2D eigenvalue weighted by atomic mass is 15.1. The number of rotatable bonds is 6. The highest BCUT2D eigenvalue weighted by Crippen LogP contribution is 2.36. The van der Waals surface area contributed by atoms with Crippen LogP contribution in [0.4, 0.5) is 0 Å². The first-order chi connectivity index (χ1) is 14.5. The summed E-state index contributed by atoms with van der Waals surface area (Å²) in [6.45, 7) is 9.86. The molecule has 2 nitrogen and oxygen atoms in total. The second-order valence-electron chi connectivity index (χ2n) is 8.72. The van der Waals surface area contributed by atoms with E-state index in [1.165, 1.54) is 51.8 Å². The maximum absolute atomic E-state index is 5.12. The summed E-state index contributed by atoms with van der Waals surface area (Å²) >= 11 is 0. The predicted octanol–water partition coefficient (Wildman–Crippen LogP) is 6.61. The Morgan fingerprint density at radius 1 is 0.967 bits per heavy atom. The Kier molecular flexibility index (Phi) is 6.06. The molecule has 0 radical (unpaired) electrons. The van der Waals surface area contributed by atoms with Gasteiger partial charge in [0.15, 0.2) is 0 Å². The number of aryl methyl sites for hydroxylation is 5.